The number of benzene rings is 1. The number of nitrogens with two attached hydrogens (primary N) is 2. The summed E-state index contributed by atoms with van der Waals surface area (Å²) in [6.07, 6.45) is 6.19. The van der Waals surface area contributed by atoms with Gasteiger partial charge >= 0.3 is 0 Å². The van der Waals surface area contributed by atoms with Gasteiger partial charge in [-0.1, -0.05) is 43.5 Å². The van der Waals surface area contributed by atoms with Crippen molar-refractivity contribution >= 4 is 5.91 Å². The summed E-state index contributed by atoms with van der Waals surface area (Å²) in [5.41, 5.74) is 17.0. The minimum absolute atomic E-state index is 0.0584. The van der Waals surface area contributed by atoms with E-state index >= 15 is 0 Å². The van der Waals surface area contributed by atoms with Gasteiger partial charge < -0.3 is 27.0 Å². The summed E-state index contributed by atoms with van der Waals surface area (Å²) in [4.78, 5) is 15.1. The summed E-state index contributed by atoms with van der Waals surface area (Å²) in [6, 6.07) is 10.0. The van der Waals surface area contributed by atoms with Crippen LogP contribution in [0, 0.1) is 5.92 Å². The van der Waals surface area contributed by atoms with Gasteiger partial charge in [-0.25, -0.2) is 0 Å². The van der Waals surface area contributed by atoms with E-state index in [1.54, 1.807) is 0 Å². The zero-order chi connectivity index (χ0) is 24.3. The molecule has 0 saturated heterocycles. The first kappa shape index (κ1) is 25.5. The summed E-state index contributed by atoms with van der Waals surface area (Å²) < 4.78 is 0. The van der Waals surface area contributed by atoms with Crippen molar-refractivity contribution < 1.29 is 4.79 Å². The molecule has 2 heterocycles. The van der Waals surface area contributed by atoms with Gasteiger partial charge in [-0.05, 0) is 37.8 Å². The number of amides is 1. The van der Waals surface area contributed by atoms with Crippen LogP contribution >= 0.6 is 0 Å². The number of carbonyl (C=O) groups is 1. The standard InChI is InChI=1S/C26H39N7O/c1-19(22(15-28)14-21-8-4-3-5-9-21)29-17-26(34)31-24(10-6-7-12-27)20(2)33-13-11-25-23(18-33)16-30-32-25/h3-5,8-9,16,22,24,29H,1-2,6-7,10-15,17-18,27-28H2,(H,30,32)(H,31,34). The third-order valence-electron chi connectivity index (χ3n) is 6.47. The predicted molar refractivity (Wildman–Crippen MR) is 137 cm³/mol. The lowest BCUT2D eigenvalue weighted by Crippen LogP contribution is -2.46. The summed E-state index contributed by atoms with van der Waals surface area (Å²) in [7, 11) is 0. The molecule has 0 radical (unpaired) electrons. The van der Waals surface area contributed by atoms with Crippen LogP contribution in [0.3, 0.4) is 0 Å². The quantitative estimate of drug-likeness (QED) is 0.271. The van der Waals surface area contributed by atoms with Crippen molar-refractivity contribution in [1.29, 1.82) is 0 Å². The van der Waals surface area contributed by atoms with E-state index in [-0.39, 0.29) is 24.4 Å². The van der Waals surface area contributed by atoms with E-state index in [1.165, 1.54) is 16.8 Å². The lowest BCUT2D eigenvalue weighted by molar-refractivity contribution is -0.120. The van der Waals surface area contributed by atoms with Crippen LogP contribution in [0.1, 0.15) is 36.1 Å². The maximum absolute atomic E-state index is 12.9. The molecule has 8 heteroatoms. The van der Waals surface area contributed by atoms with Gasteiger partial charge in [0, 0.05) is 54.6 Å². The molecule has 3 rings (SSSR count). The molecule has 2 atom stereocenters. The lowest BCUT2D eigenvalue weighted by Gasteiger charge is -2.35. The Kier molecular flexibility index (Phi) is 9.73. The number of rotatable bonds is 14. The maximum atomic E-state index is 12.9. The molecule has 0 aliphatic carbocycles. The summed E-state index contributed by atoms with van der Waals surface area (Å²) in [5, 5.41) is 13.6. The van der Waals surface area contributed by atoms with E-state index in [0.717, 1.165) is 56.6 Å². The summed E-state index contributed by atoms with van der Waals surface area (Å²) >= 11 is 0. The predicted octanol–water partition coefficient (Wildman–Crippen LogP) is 1.82. The SMILES string of the molecule is C=C(NCC(=O)NC(CCCCN)C(=C)N1CCc2[nH]ncc2C1)C(CN)Cc1ccccc1. The highest BCUT2D eigenvalue weighted by molar-refractivity contribution is 5.79. The fourth-order valence-electron chi connectivity index (χ4n) is 4.33. The normalized spacial score (nSPS) is 14.7. The van der Waals surface area contributed by atoms with Gasteiger partial charge in [-0.15, -0.1) is 0 Å². The number of hydrogen-bond donors (Lipinski definition) is 5. The van der Waals surface area contributed by atoms with Crippen LogP contribution in [-0.4, -0.2) is 53.2 Å². The minimum Gasteiger partial charge on any atom is -0.380 e. The van der Waals surface area contributed by atoms with Crippen LogP contribution in [0.15, 0.2) is 61.1 Å². The molecule has 2 unspecified atom stereocenters. The van der Waals surface area contributed by atoms with Gasteiger partial charge in [0.1, 0.15) is 0 Å². The minimum atomic E-state index is -0.141. The maximum Gasteiger partial charge on any atom is 0.239 e. The summed E-state index contributed by atoms with van der Waals surface area (Å²) in [6.45, 7) is 11.3. The molecule has 8 nitrogen and oxygen atoms in total. The molecule has 0 saturated carbocycles. The first-order valence-corrected chi connectivity index (χ1v) is 12.1. The Morgan fingerprint density at radius 2 is 2.00 bits per heavy atom. The number of aromatic nitrogens is 2. The molecule has 0 fully saturated rings. The molecular weight excluding hydrogens is 426 g/mol. The van der Waals surface area contributed by atoms with Crippen LogP contribution in [0.2, 0.25) is 0 Å². The first-order valence-electron chi connectivity index (χ1n) is 12.1. The molecule has 1 aromatic carbocycles. The monoisotopic (exact) mass is 465 g/mol. The van der Waals surface area contributed by atoms with E-state index in [1.807, 2.05) is 24.4 Å². The lowest BCUT2D eigenvalue weighted by atomic mass is 9.97. The number of unbranched alkanes of at least 4 members (excludes halogenated alkanes) is 1. The van der Waals surface area contributed by atoms with Crippen LogP contribution in [0.5, 0.6) is 0 Å². The smallest absolute Gasteiger partial charge is 0.239 e. The van der Waals surface area contributed by atoms with Crippen molar-refractivity contribution in [2.45, 2.75) is 44.7 Å². The number of nitrogens with one attached hydrogen (secondary N) is 3. The van der Waals surface area contributed by atoms with Crippen LogP contribution in [0.25, 0.3) is 0 Å². The average Bonchev–Trinajstić information content (AvgIpc) is 3.33. The number of aromatic amines is 1. The van der Waals surface area contributed by atoms with Crippen molar-refractivity contribution in [3.8, 4) is 0 Å². The Labute approximate surface area is 202 Å². The van der Waals surface area contributed by atoms with Crippen LogP contribution < -0.4 is 22.1 Å². The van der Waals surface area contributed by atoms with Crippen molar-refractivity contribution in [3.05, 3.63) is 77.9 Å². The Balaban J connectivity index is 1.53. The second-order valence-corrected chi connectivity index (χ2v) is 8.94. The molecule has 184 valence electrons. The Bertz CT molecular complexity index is 940. The topological polar surface area (TPSA) is 125 Å². The molecule has 1 aliphatic rings. The third kappa shape index (κ3) is 7.20. The average molecular weight is 466 g/mol. The van der Waals surface area contributed by atoms with Crippen molar-refractivity contribution in [1.82, 2.24) is 25.7 Å². The Hall–Kier alpha value is -3.10. The number of hydrogen-bond acceptors (Lipinski definition) is 6. The molecular formula is C26H39N7O. The van der Waals surface area contributed by atoms with Crippen molar-refractivity contribution in [2.24, 2.45) is 17.4 Å². The largest absolute Gasteiger partial charge is 0.380 e. The molecule has 34 heavy (non-hydrogen) atoms. The fourth-order valence-corrected chi connectivity index (χ4v) is 4.33. The zero-order valence-electron chi connectivity index (χ0n) is 20.1. The Morgan fingerprint density at radius 1 is 1.21 bits per heavy atom. The second kappa shape index (κ2) is 13.0. The fraction of sp³-hybridized carbons (Fsp3) is 0.462. The number of carbonyl (C=O) groups excluding carboxylic acids is 1. The second-order valence-electron chi connectivity index (χ2n) is 8.94. The van der Waals surface area contributed by atoms with E-state index < -0.39 is 0 Å². The highest BCUT2D eigenvalue weighted by Crippen LogP contribution is 2.22. The molecule has 7 N–H and O–H groups in total. The molecule has 0 bridgehead atoms. The van der Waals surface area contributed by atoms with E-state index in [0.29, 0.717) is 13.1 Å². The molecule has 1 aliphatic heterocycles. The van der Waals surface area contributed by atoms with E-state index in [4.69, 9.17) is 11.5 Å². The van der Waals surface area contributed by atoms with Crippen molar-refractivity contribution in [2.75, 3.05) is 26.2 Å². The first-order chi connectivity index (χ1) is 16.5. The van der Waals surface area contributed by atoms with E-state index in [9.17, 15) is 4.79 Å². The van der Waals surface area contributed by atoms with Gasteiger partial charge in [0.2, 0.25) is 5.91 Å². The van der Waals surface area contributed by atoms with Crippen LogP contribution in [-0.2, 0) is 24.2 Å². The van der Waals surface area contributed by atoms with Crippen LogP contribution in [0.4, 0.5) is 0 Å². The highest BCUT2D eigenvalue weighted by atomic mass is 16.2. The number of H-pyrrole nitrogens is 1. The zero-order valence-corrected chi connectivity index (χ0v) is 20.1. The molecule has 2 aromatic rings. The van der Waals surface area contributed by atoms with Gasteiger partial charge in [-0.2, -0.15) is 5.10 Å². The highest BCUT2D eigenvalue weighted by Gasteiger charge is 2.24. The van der Waals surface area contributed by atoms with Crippen molar-refractivity contribution in [3.63, 3.8) is 0 Å². The van der Waals surface area contributed by atoms with E-state index in [2.05, 4.69) is 51.0 Å². The summed E-state index contributed by atoms with van der Waals surface area (Å²) in [5.74, 6) is -0.0282. The van der Waals surface area contributed by atoms with Gasteiger partial charge in [0.15, 0.2) is 0 Å². The van der Waals surface area contributed by atoms with Gasteiger partial charge in [-0.3, -0.25) is 9.89 Å². The number of nitrogens with zero attached hydrogens (tertiary/aromatic N) is 2. The van der Waals surface area contributed by atoms with Gasteiger partial charge in [0.05, 0.1) is 18.8 Å². The molecule has 1 amide bonds. The third-order valence-corrected chi connectivity index (χ3v) is 6.47. The molecule has 0 spiro atoms. The van der Waals surface area contributed by atoms with Gasteiger partial charge in [0.25, 0.3) is 0 Å². The Morgan fingerprint density at radius 3 is 2.74 bits per heavy atom. The molecule has 1 aromatic heterocycles. The number of fused-ring (bicyclic) bond motifs is 1.